The maximum Gasteiger partial charge on any atom is 0.342 e. The summed E-state index contributed by atoms with van der Waals surface area (Å²) in [6.07, 6.45) is 0.944. The summed E-state index contributed by atoms with van der Waals surface area (Å²) >= 11 is 1.42. The zero-order valence-corrected chi connectivity index (χ0v) is 13.2. The van der Waals surface area contributed by atoms with Crippen molar-refractivity contribution in [1.82, 2.24) is 9.78 Å². The zero-order chi connectivity index (χ0) is 15.6. The quantitative estimate of drug-likeness (QED) is 0.829. The Balaban J connectivity index is 2.56. The van der Waals surface area contributed by atoms with Crippen molar-refractivity contribution in [3.8, 4) is 5.69 Å². The highest BCUT2D eigenvalue weighted by atomic mass is 32.2. The van der Waals surface area contributed by atoms with Gasteiger partial charge in [0, 0.05) is 0 Å². The van der Waals surface area contributed by atoms with Gasteiger partial charge >= 0.3 is 5.97 Å². The van der Waals surface area contributed by atoms with Crippen molar-refractivity contribution in [2.45, 2.75) is 32.2 Å². The molecule has 6 heteroatoms. The Bertz CT molecular complexity index is 680. The molecular weight excluding hydrogens is 286 g/mol. The van der Waals surface area contributed by atoms with Crippen molar-refractivity contribution in [3.63, 3.8) is 0 Å². The fraction of sp³-hybridized carbons (Fsp3) is 0.333. The molecular formula is C15H19N3O2S. The molecule has 3 N–H and O–H groups in total. The largest absolute Gasteiger partial charge is 0.477 e. The van der Waals surface area contributed by atoms with E-state index in [0.717, 1.165) is 29.0 Å². The third-order valence-corrected chi connectivity index (χ3v) is 4.30. The van der Waals surface area contributed by atoms with Gasteiger partial charge in [0.1, 0.15) is 16.4 Å². The van der Waals surface area contributed by atoms with E-state index < -0.39 is 5.97 Å². The average molecular weight is 305 g/mol. The lowest BCUT2D eigenvalue weighted by Gasteiger charge is -2.08. The fourth-order valence-electron chi connectivity index (χ4n) is 2.14. The molecule has 0 aliphatic carbocycles. The summed E-state index contributed by atoms with van der Waals surface area (Å²) in [6, 6.07) is 5.90. The number of nitrogens with two attached hydrogens (primary N) is 1. The predicted molar refractivity (Wildman–Crippen MR) is 85.4 cm³/mol. The Kier molecular flexibility index (Phi) is 4.57. The monoisotopic (exact) mass is 305 g/mol. The molecule has 0 radical (unpaired) electrons. The van der Waals surface area contributed by atoms with Gasteiger partial charge in [0.25, 0.3) is 0 Å². The molecule has 0 spiro atoms. The molecule has 0 bridgehead atoms. The molecule has 0 unspecified atom stereocenters. The average Bonchev–Trinajstić information content (AvgIpc) is 2.73. The zero-order valence-electron chi connectivity index (χ0n) is 12.4. The second-order valence-corrected chi connectivity index (χ2v) is 6.00. The van der Waals surface area contributed by atoms with Gasteiger partial charge < -0.3 is 10.8 Å². The topological polar surface area (TPSA) is 81.1 Å². The Morgan fingerprint density at radius 2 is 2.14 bits per heavy atom. The molecule has 0 saturated carbocycles. The number of aryl methyl sites for hydroxylation is 2. The van der Waals surface area contributed by atoms with E-state index in [0.29, 0.717) is 5.03 Å². The number of nitrogen functional groups attached to an aromatic ring is 1. The molecule has 112 valence electrons. The van der Waals surface area contributed by atoms with Gasteiger partial charge in [-0.15, -0.1) is 11.8 Å². The van der Waals surface area contributed by atoms with Crippen molar-refractivity contribution in [2.24, 2.45) is 0 Å². The van der Waals surface area contributed by atoms with Crippen LogP contribution in [0.5, 0.6) is 0 Å². The van der Waals surface area contributed by atoms with E-state index in [1.165, 1.54) is 16.4 Å². The first-order valence-corrected chi connectivity index (χ1v) is 7.76. The summed E-state index contributed by atoms with van der Waals surface area (Å²) in [7, 11) is 0. The number of carbonyl (C=O) groups is 1. The van der Waals surface area contributed by atoms with E-state index in [9.17, 15) is 9.90 Å². The molecule has 0 amide bonds. The first kappa shape index (κ1) is 15.4. The van der Waals surface area contributed by atoms with E-state index in [2.05, 4.69) is 5.10 Å². The van der Waals surface area contributed by atoms with Crippen LogP contribution in [0.2, 0.25) is 0 Å². The highest BCUT2D eigenvalue weighted by Gasteiger charge is 2.23. The summed E-state index contributed by atoms with van der Waals surface area (Å²) in [5.74, 6) is -0.0564. The molecule has 0 aliphatic rings. The summed E-state index contributed by atoms with van der Waals surface area (Å²) in [4.78, 5) is 11.4. The number of carboxylic acid groups (broad SMARTS) is 1. The van der Waals surface area contributed by atoms with Crippen molar-refractivity contribution < 1.29 is 9.90 Å². The predicted octanol–water partition coefficient (Wildman–Crippen LogP) is 3.27. The van der Waals surface area contributed by atoms with Crippen LogP contribution < -0.4 is 5.73 Å². The first-order chi connectivity index (χ1) is 9.95. The van der Waals surface area contributed by atoms with Gasteiger partial charge in [-0.25, -0.2) is 9.48 Å². The van der Waals surface area contributed by atoms with E-state index in [1.54, 1.807) is 0 Å². The van der Waals surface area contributed by atoms with Gasteiger partial charge in [-0.05, 0) is 37.7 Å². The van der Waals surface area contributed by atoms with Crippen LogP contribution in [0.4, 0.5) is 5.82 Å². The molecule has 1 aromatic carbocycles. The van der Waals surface area contributed by atoms with Crippen LogP contribution in [0.15, 0.2) is 23.2 Å². The molecule has 0 saturated heterocycles. The number of benzene rings is 1. The van der Waals surface area contributed by atoms with Crippen molar-refractivity contribution in [1.29, 1.82) is 0 Å². The third-order valence-electron chi connectivity index (χ3n) is 3.13. The number of carboxylic acids is 1. The van der Waals surface area contributed by atoms with Crippen LogP contribution in [0.1, 0.15) is 34.8 Å². The van der Waals surface area contributed by atoms with Crippen molar-refractivity contribution in [2.75, 3.05) is 11.5 Å². The van der Waals surface area contributed by atoms with Gasteiger partial charge in [-0.1, -0.05) is 24.6 Å². The second-order valence-electron chi connectivity index (χ2n) is 4.92. The molecule has 0 aliphatic heterocycles. The van der Waals surface area contributed by atoms with Crippen LogP contribution in [-0.2, 0) is 0 Å². The first-order valence-electron chi connectivity index (χ1n) is 6.78. The highest BCUT2D eigenvalue weighted by Crippen LogP contribution is 2.30. The lowest BCUT2D eigenvalue weighted by molar-refractivity contribution is 0.0694. The third kappa shape index (κ3) is 3.05. The van der Waals surface area contributed by atoms with E-state index >= 15 is 0 Å². The maximum absolute atomic E-state index is 11.4. The van der Waals surface area contributed by atoms with Crippen LogP contribution in [0.25, 0.3) is 5.69 Å². The normalized spacial score (nSPS) is 10.8. The number of rotatable bonds is 5. The molecule has 21 heavy (non-hydrogen) atoms. The van der Waals surface area contributed by atoms with Crippen LogP contribution in [0.3, 0.4) is 0 Å². The smallest absolute Gasteiger partial charge is 0.342 e. The molecule has 0 fully saturated rings. The number of aromatic carboxylic acids is 1. The summed E-state index contributed by atoms with van der Waals surface area (Å²) in [5, 5.41) is 14.2. The van der Waals surface area contributed by atoms with Gasteiger partial charge in [-0.3, -0.25) is 0 Å². The summed E-state index contributed by atoms with van der Waals surface area (Å²) in [6.45, 7) is 6.01. The number of nitrogens with zero attached hydrogens (tertiary/aromatic N) is 2. The standard InChI is InChI=1S/C15H19N3O2S/c1-4-7-21-14-12(15(19)20)13(16)18(17-14)11-6-5-9(2)8-10(11)3/h5-6,8H,4,7,16H2,1-3H3,(H,19,20). The number of thioether (sulfide) groups is 1. The number of hydrogen-bond donors (Lipinski definition) is 2. The molecule has 2 aromatic rings. The van der Waals surface area contributed by atoms with E-state index in [-0.39, 0.29) is 11.4 Å². The lowest BCUT2D eigenvalue weighted by atomic mass is 10.1. The minimum absolute atomic E-state index is 0.0911. The van der Waals surface area contributed by atoms with Gasteiger partial charge in [-0.2, -0.15) is 5.10 Å². The van der Waals surface area contributed by atoms with Crippen molar-refractivity contribution >= 4 is 23.5 Å². The van der Waals surface area contributed by atoms with E-state index in [4.69, 9.17) is 5.73 Å². The Morgan fingerprint density at radius 1 is 1.43 bits per heavy atom. The SMILES string of the molecule is CCCSc1nn(-c2ccc(C)cc2C)c(N)c1C(=O)O. The van der Waals surface area contributed by atoms with E-state index in [1.807, 2.05) is 39.0 Å². The molecule has 0 atom stereocenters. The van der Waals surface area contributed by atoms with Crippen molar-refractivity contribution in [3.05, 3.63) is 34.9 Å². The Morgan fingerprint density at radius 3 is 2.71 bits per heavy atom. The van der Waals surface area contributed by atoms with Gasteiger partial charge in [0.2, 0.25) is 0 Å². The summed E-state index contributed by atoms with van der Waals surface area (Å²) in [5.41, 5.74) is 9.07. The Labute approximate surface area is 128 Å². The Hall–Kier alpha value is -1.95. The highest BCUT2D eigenvalue weighted by molar-refractivity contribution is 7.99. The lowest BCUT2D eigenvalue weighted by Crippen LogP contribution is -2.07. The second kappa shape index (κ2) is 6.22. The van der Waals surface area contributed by atoms with Crippen LogP contribution in [-0.4, -0.2) is 26.6 Å². The molecule has 1 heterocycles. The number of anilines is 1. The maximum atomic E-state index is 11.4. The molecule has 1 aromatic heterocycles. The van der Waals surface area contributed by atoms with Crippen LogP contribution in [0, 0.1) is 13.8 Å². The van der Waals surface area contributed by atoms with Gasteiger partial charge in [0.05, 0.1) is 5.69 Å². The number of hydrogen-bond acceptors (Lipinski definition) is 4. The summed E-state index contributed by atoms with van der Waals surface area (Å²) < 4.78 is 1.52. The number of aromatic nitrogens is 2. The fourth-order valence-corrected chi connectivity index (χ4v) is 3.01. The molecule has 5 nitrogen and oxygen atoms in total. The minimum atomic E-state index is -1.04. The van der Waals surface area contributed by atoms with Gasteiger partial charge in [0.15, 0.2) is 0 Å². The van der Waals surface area contributed by atoms with Crippen LogP contribution >= 0.6 is 11.8 Å². The minimum Gasteiger partial charge on any atom is -0.477 e. The molecule has 2 rings (SSSR count).